The summed E-state index contributed by atoms with van der Waals surface area (Å²) in [6.45, 7) is 4.35. The molecule has 0 bridgehead atoms. The molecule has 0 saturated carbocycles. The van der Waals surface area contributed by atoms with Gasteiger partial charge >= 0.3 is 0 Å². The van der Waals surface area contributed by atoms with Crippen LogP contribution in [0.5, 0.6) is 0 Å². The molecule has 2 atom stereocenters. The van der Waals surface area contributed by atoms with Crippen LogP contribution in [0.3, 0.4) is 0 Å². The summed E-state index contributed by atoms with van der Waals surface area (Å²) in [6, 6.07) is -0.639. The van der Waals surface area contributed by atoms with E-state index >= 15 is 0 Å². The van der Waals surface area contributed by atoms with E-state index in [9.17, 15) is 15.0 Å². The van der Waals surface area contributed by atoms with Gasteiger partial charge < -0.3 is 15.5 Å². The molecule has 4 heteroatoms. The van der Waals surface area contributed by atoms with Crippen LogP contribution in [-0.2, 0) is 4.79 Å². The van der Waals surface area contributed by atoms with Gasteiger partial charge in [-0.1, -0.05) is 391 Å². The fourth-order valence-electron chi connectivity index (χ4n) is 11.8. The molecular weight excluding hydrogens is 963 g/mol. The van der Waals surface area contributed by atoms with Gasteiger partial charge in [-0.05, 0) is 57.8 Å². The van der Waals surface area contributed by atoms with E-state index in [2.05, 4.69) is 43.5 Å². The number of nitrogens with one attached hydrogen (secondary N) is 1. The molecule has 0 aliphatic rings. The number of amides is 1. The smallest absolute Gasteiger partial charge is 0.220 e. The maximum absolute atomic E-state index is 12.5. The van der Waals surface area contributed by atoms with Crippen molar-refractivity contribution in [3.8, 4) is 0 Å². The molecule has 3 N–H and O–H groups in total. The molecule has 0 rings (SSSR count). The van der Waals surface area contributed by atoms with Gasteiger partial charge in [0.1, 0.15) is 0 Å². The van der Waals surface area contributed by atoms with E-state index in [4.69, 9.17) is 0 Å². The van der Waals surface area contributed by atoms with Crippen LogP contribution in [0.2, 0.25) is 0 Å². The minimum absolute atomic E-state index is 0.0646. The minimum atomic E-state index is -0.862. The lowest BCUT2D eigenvalue weighted by atomic mass is 10.0. The van der Waals surface area contributed by atoms with Crippen molar-refractivity contribution in [1.29, 1.82) is 0 Å². The first-order chi connectivity index (χ1) is 39.2. The first-order valence-corrected chi connectivity index (χ1v) is 36.7. The van der Waals surface area contributed by atoms with Crippen LogP contribution in [0.4, 0.5) is 0 Å². The number of carbonyl (C=O) groups is 1. The molecule has 0 aromatic carbocycles. The van der Waals surface area contributed by atoms with Gasteiger partial charge in [0.2, 0.25) is 5.91 Å². The fraction of sp³-hybridized carbons (Fsp3) is 0.907. The molecular formula is C75H145NO3. The number of aliphatic hydroxyl groups excluding tert-OH is 2. The summed E-state index contributed by atoms with van der Waals surface area (Å²) in [6.07, 6.45) is 98.4. The van der Waals surface area contributed by atoms with Crippen molar-refractivity contribution in [1.82, 2.24) is 5.32 Å². The Morgan fingerprint density at radius 1 is 0.291 bits per heavy atom. The Kier molecular flexibility index (Phi) is 69.6. The Morgan fingerprint density at radius 3 is 0.734 bits per heavy atom. The molecule has 0 radical (unpaired) electrons. The maximum Gasteiger partial charge on any atom is 0.220 e. The number of aliphatic hydroxyl groups is 2. The Bertz CT molecular complexity index is 1210. The molecule has 0 aromatic heterocycles. The highest BCUT2D eigenvalue weighted by molar-refractivity contribution is 5.76. The van der Waals surface area contributed by atoms with Crippen LogP contribution < -0.4 is 5.32 Å². The predicted octanol–water partition coefficient (Wildman–Crippen LogP) is 25.1. The summed E-state index contributed by atoms with van der Waals surface area (Å²) in [5, 5.41) is 23.3. The summed E-state index contributed by atoms with van der Waals surface area (Å²) in [5.41, 5.74) is 0. The van der Waals surface area contributed by atoms with Crippen molar-refractivity contribution in [2.24, 2.45) is 0 Å². The molecule has 0 spiro atoms. The Labute approximate surface area is 497 Å². The number of hydrogen-bond acceptors (Lipinski definition) is 3. The molecule has 0 aromatic rings. The predicted molar refractivity (Wildman–Crippen MR) is 355 cm³/mol. The van der Waals surface area contributed by atoms with E-state index in [0.717, 1.165) is 32.1 Å². The topological polar surface area (TPSA) is 69.6 Å². The van der Waals surface area contributed by atoms with Crippen molar-refractivity contribution in [2.45, 2.75) is 431 Å². The molecule has 1 amide bonds. The summed E-state index contributed by atoms with van der Waals surface area (Å²) in [7, 11) is 0. The van der Waals surface area contributed by atoms with Crippen molar-refractivity contribution >= 4 is 5.91 Å². The van der Waals surface area contributed by atoms with Gasteiger partial charge in [0.25, 0.3) is 0 Å². The maximum atomic E-state index is 12.5. The second-order valence-corrected chi connectivity index (χ2v) is 25.4. The van der Waals surface area contributed by atoms with Crippen LogP contribution in [0.1, 0.15) is 418 Å². The van der Waals surface area contributed by atoms with E-state index in [1.54, 1.807) is 6.08 Å². The van der Waals surface area contributed by atoms with Crippen LogP contribution >= 0.6 is 0 Å². The number of unbranched alkanes of at least 4 members (excludes halogenated alkanes) is 58. The second kappa shape index (κ2) is 70.9. The Morgan fingerprint density at radius 2 is 0.494 bits per heavy atom. The number of rotatable bonds is 69. The summed E-state index contributed by atoms with van der Waals surface area (Å²) >= 11 is 0. The van der Waals surface area contributed by atoms with E-state index in [-0.39, 0.29) is 12.5 Å². The van der Waals surface area contributed by atoms with Crippen molar-refractivity contribution in [3.05, 3.63) is 36.5 Å². The molecule has 2 unspecified atom stereocenters. The molecule has 0 heterocycles. The highest BCUT2D eigenvalue weighted by atomic mass is 16.3. The first kappa shape index (κ1) is 77.6. The average Bonchev–Trinajstić information content (AvgIpc) is 3.45. The minimum Gasteiger partial charge on any atom is -0.394 e. The molecule has 0 fully saturated rings. The van der Waals surface area contributed by atoms with Gasteiger partial charge in [0.05, 0.1) is 18.8 Å². The van der Waals surface area contributed by atoms with Crippen molar-refractivity contribution in [3.63, 3.8) is 0 Å². The zero-order chi connectivity index (χ0) is 56.9. The molecule has 0 saturated heterocycles. The molecule has 4 nitrogen and oxygen atoms in total. The van der Waals surface area contributed by atoms with Gasteiger partial charge in [-0.2, -0.15) is 0 Å². The summed E-state index contributed by atoms with van der Waals surface area (Å²) < 4.78 is 0. The van der Waals surface area contributed by atoms with Gasteiger partial charge in [0, 0.05) is 6.42 Å². The first-order valence-electron chi connectivity index (χ1n) is 36.7. The molecule has 0 aliphatic carbocycles. The van der Waals surface area contributed by atoms with E-state index in [1.165, 1.54) is 366 Å². The van der Waals surface area contributed by atoms with Gasteiger partial charge in [0.15, 0.2) is 0 Å². The lowest BCUT2D eigenvalue weighted by Gasteiger charge is -2.19. The lowest BCUT2D eigenvalue weighted by Crippen LogP contribution is -2.45. The third-order valence-corrected chi connectivity index (χ3v) is 17.3. The quantitative estimate of drug-likeness (QED) is 0.0420. The number of hydrogen-bond donors (Lipinski definition) is 3. The largest absolute Gasteiger partial charge is 0.394 e. The third-order valence-electron chi connectivity index (χ3n) is 17.3. The highest BCUT2D eigenvalue weighted by Crippen LogP contribution is 2.19. The second-order valence-electron chi connectivity index (χ2n) is 25.4. The van der Waals surface area contributed by atoms with Crippen molar-refractivity contribution < 1.29 is 15.0 Å². The molecule has 79 heavy (non-hydrogen) atoms. The van der Waals surface area contributed by atoms with Crippen LogP contribution in [-0.4, -0.2) is 34.9 Å². The summed E-state index contributed by atoms with van der Waals surface area (Å²) in [4.78, 5) is 12.5. The van der Waals surface area contributed by atoms with E-state index < -0.39 is 12.1 Å². The highest BCUT2D eigenvalue weighted by Gasteiger charge is 2.18. The Balaban J connectivity index is 3.40. The fourth-order valence-corrected chi connectivity index (χ4v) is 11.8. The van der Waals surface area contributed by atoms with Crippen LogP contribution in [0, 0.1) is 0 Å². The Hall–Kier alpha value is -1.39. The molecule has 468 valence electrons. The lowest BCUT2D eigenvalue weighted by molar-refractivity contribution is -0.123. The van der Waals surface area contributed by atoms with Gasteiger partial charge in [-0.3, -0.25) is 4.79 Å². The zero-order valence-electron chi connectivity index (χ0n) is 54.2. The van der Waals surface area contributed by atoms with E-state index in [1.807, 2.05) is 6.08 Å². The number of carbonyl (C=O) groups excluding carboxylic acids is 1. The van der Waals surface area contributed by atoms with Crippen LogP contribution in [0.25, 0.3) is 0 Å². The normalized spacial score (nSPS) is 12.8. The standard InChI is InChI=1S/C75H145NO3/c1-3-5-7-9-11-13-15-17-19-21-23-25-27-29-31-32-33-34-35-36-37-38-39-40-41-42-43-44-45-47-49-51-53-55-57-59-61-63-65-67-69-71-75(79)76-73(72-77)74(78)70-68-66-64-62-60-58-56-54-52-50-48-46-30-28-26-24-22-20-18-16-14-12-10-8-6-4-2/h21,23,60,62,68,70,73-74,77-78H,3-20,22,24-59,61,63-67,69,71-72H2,1-2H3,(H,76,79)/b23-21-,62-60+,70-68+. The zero-order valence-corrected chi connectivity index (χ0v) is 54.2. The molecule has 0 aliphatic heterocycles. The number of allylic oxidation sites excluding steroid dienone is 5. The monoisotopic (exact) mass is 1110 g/mol. The van der Waals surface area contributed by atoms with Gasteiger partial charge in [-0.15, -0.1) is 0 Å². The van der Waals surface area contributed by atoms with Crippen LogP contribution in [0.15, 0.2) is 36.5 Å². The summed E-state index contributed by atoms with van der Waals surface area (Å²) in [5.74, 6) is -0.0646. The van der Waals surface area contributed by atoms with E-state index in [0.29, 0.717) is 6.42 Å². The average molecular weight is 1110 g/mol. The van der Waals surface area contributed by atoms with Gasteiger partial charge in [-0.25, -0.2) is 0 Å². The SMILES string of the molecule is CCCCCCCCCC/C=C\CCCCCCCCCCCCCCCCCCCCCCCCCCCCCCCC(=O)NC(CO)C(O)/C=C/CC/C=C/CCCCCCCCCCCCCCCCCCCCCC. The third kappa shape index (κ3) is 67.3. The van der Waals surface area contributed by atoms with Crippen molar-refractivity contribution in [2.75, 3.05) is 6.61 Å².